The standard InChI is InChI=1S/C16H17N7O4/c1-22(7-10-4-17-9-18-5-10)16-21-12(13(26-3)15(25)23(16)2)14(24)20-11-6-19-27-8-11/h4-6,8-9H,7H2,1-3H3,(H,20,24). The van der Waals surface area contributed by atoms with Gasteiger partial charge in [-0.25, -0.2) is 15.0 Å². The van der Waals surface area contributed by atoms with Gasteiger partial charge in [0, 0.05) is 38.6 Å². The second-order valence-corrected chi connectivity index (χ2v) is 5.63. The lowest BCUT2D eigenvalue weighted by molar-refractivity contribution is 0.101. The first-order chi connectivity index (χ1) is 13.0. The predicted octanol–water partition coefficient (Wildman–Crippen LogP) is 0.456. The molecule has 3 heterocycles. The molecule has 27 heavy (non-hydrogen) atoms. The number of anilines is 2. The van der Waals surface area contributed by atoms with Crippen LogP contribution in [-0.4, -0.2) is 44.7 Å². The van der Waals surface area contributed by atoms with Crippen LogP contribution in [0.3, 0.4) is 0 Å². The van der Waals surface area contributed by atoms with Crippen molar-refractivity contribution in [2.75, 3.05) is 24.4 Å². The minimum absolute atomic E-state index is 0.145. The van der Waals surface area contributed by atoms with E-state index in [2.05, 4.69) is 29.9 Å². The monoisotopic (exact) mass is 371 g/mol. The first kappa shape index (κ1) is 18.0. The molecular formula is C16H17N7O4. The first-order valence-electron chi connectivity index (χ1n) is 7.82. The van der Waals surface area contributed by atoms with E-state index in [0.717, 1.165) is 5.56 Å². The van der Waals surface area contributed by atoms with E-state index < -0.39 is 11.5 Å². The smallest absolute Gasteiger partial charge is 0.297 e. The van der Waals surface area contributed by atoms with Gasteiger partial charge in [-0.15, -0.1) is 0 Å². The topological polar surface area (TPSA) is 128 Å². The quantitative estimate of drug-likeness (QED) is 0.657. The lowest BCUT2D eigenvalue weighted by Crippen LogP contribution is -2.32. The van der Waals surface area contributed by atoms with E-state index in [1.165, 1.54) is 30.5 Å². The Morgan fingerprint density at radius 1 is 1.33 bits per heavy atom. The third-order valence-corrected chi connectivity index (χ3v) is 3.71. The van der Waals surface area contributed by atoms with Crippen LogP contribution in [0, 0.1) is 0 Å². The zero-order valence-electron chi connectivity index (χ0n) is 14.9. The third kappa shape index (κ3) is 3.76. The molecule has 0 unspecified atom stereocenters. The summed E-state index contributed by atoms with van der Waals surface area (Å²) in [4.78, 5) is 39.2. The highest BCUT2D eigenvalue weighted by Gasteiger charge is 2.23. The molecule has 0 radical (unpaired) electrons. The fraction of sp³-hybridized carbons (Fsp3) is 0.250. The van der Waals surface area contributed by atoms with Gasteiger partial charge in [0.25, 0.3) is 11.5 Å². The van der Waals surface area contributed by atoms with Crippen molar-refractivity contribution in [1.29, 1.82) is 0 Å². The van der Waals surface area contributed by atoms with E-state index in [1.807, 2.05) is 0 Å². The molecule has 0 saturated heterocycles. The SMILES string of the molecule is COc1c(C(=O)Nc2cnoc2)nc(N(C)Cc2cncnc2)n(C)c1=O. The van der Waals surface area contributed by atoms with Crippen molar-refractivity contribution in [2.45, 2.75) is 6.54 Å². The van der Waals surface area contributed by atoms with Crippen LogP contribution in [0.1, 0.15) is 16.1 Å². The summed E-state index contributed by atoms with van der Waals surface area (Å²) < 4.78 is 11.1. The number of hydrogen-bond donors (Lipinski definition) is 1. The Kier molecular flexibility index (Phi) is 5.11. The van der Waals surface area contributed by atoms with Crippen molar-refractivity contribution in [1.82, 2.24) is 24.7 Å². The molecule has 0 aromatic carbocycles. The average molecular weight is 371 g/mol. The van der Waals surface area contributed by atoms with Crippen molar-refractivity contribution in [3.8, 4) is 5.75 Å². The molecule has 0 fully saturated rings. The zero-order valence-corrected chi connectivity index (χ0v) is 14.9. The van der Waals surface area contributed by atoms with Gasteiger partial charge in [0.15, 0.2) is 5.69 Å². The highest BCUT2D eigenvalue weighted by molar-refractivity contribution is 6.04. The number of nitrogens with one attached hydrogen (secondary N) is 1. The van der Waals surface area contributed by atoms with Gasteiger partial charge >= 0.3 is 0 Å². The second kappa shape index (κ2) is 7.64. The molecule has 3 aromatic rings. The summed E-state index contributed by atoms with van der Waals surface area (Å²) in [6.07, 6.45) is 7.33. The summed E-state index contributed by atoms with van der Waals surface area (Å²) in [6.45, 7) is 0.389. The number of methoxy groups -OCH3 is 1. The van der Waals surface area contributed by atoms with Gasteiger partial charge < -0.3 is 19.5 Å². The van der Waals surface area contributed by atoms with E-state index in [4.69, 9.17) is 4.74 Å². The predicted molar refractivity (Wildman–Crippen MR) is 94.6 cm³/mol. The number of hydrogen-bond acceptors (Lipinski definition) is 9. The molecule has 0 aliphatic carbocycles. The maximum absolute atomic E-state index is 12.6. The zero-order chi connectivity index (χ0) is 19.4. The number of nitrogens with zero attached hydrogens (tertiary/aromatic N) is 6. The third-order valence-electron chi connectivity index (χ3n) is 3.71. The summed E-state index contributed by atoms with van der Waals surface area (Å²) in [6, 6.07) is 0. The van der Waals surface area contributed by atoms with Gasteiger partial charge in [-0.2, -0.15) is 0 Å². The maximum Gasteiger partial charge on any atom is 0.297 e. The number of carbonyl (C=O) groups excluding carboxylic acids is 1. The van der Waals surface area contributed by atoms with E-state index in [-0.39, 0.29) is 17.4 Å². The van der Waals surface area contributed by atoms with Crippen molar-refractivity contribution in [3.63, 3.8) is 0 Å². The summed E-state index contributed by atoms with van der Waals surface area (Å²) in [7, 11) is 4.59. The Bertz CT molecular complexity index is 986. The van der Waals surface area contributed by atoms with Gasteiger partial charge in [0.2, 0.25) is 11.7 Å². The molecule has 0 aliphatic heterocycles. The number of rotatable bonds is 6. The average Bonchev–Trinajstić information content (AvgIpc) is 3.17. The van der Waals surface area contributed by atoms with Gasteiger partial charge in [0.1, 0.15) is 18.3 Å². The molecule has 3 aromatic heterocycles. The van der Waals surface area contributed by atoms with Gasteiger partial charge in [0.05, 0.1) is 13.3 Å². The van der Waals surface area contributed by atoms with Crippen molar-refractivity contribution in [2.24, 2.45) is 7.05 Å². The lowest BCUT2D eigenvalue weighted by Gasteiger charge is -2.21. The van der Waals surface area contributed by atoms with Gasteiger partial charge in [-0.05, 0) is 0 Å². The number of aromatic nitrogens is 5. The Labute approximate surface area is 153 Å². The number of amides is 1. The summed E-state index contributed by atoms with van der Waals surface area (Å²) in [5.74, 6) is -0.503. The van der Waals surface area contributed by atoms with Crippen molar-refractivity contribution < 1.29 is 14.1 Å². The molecule has 0 bridgehead atoms. The minimum Gasteiger partial charge on any atom is -0.489 e. The fourth-order valence-corrected chi connectivity index (χ4v) is 2.46. The van der Waals surface area contributed by atoms with E-state index in [1.54, 1.807) is 31.4 Å². The van der Waals surface area contributed by atoms with Crippen LogP contribution in [0.25, 0.3) is 0 Å². The van der Waals surface area contributed by atoms with Crippen LogP contribution in [0.4, 0.5) is 11.6 Å². The Balaban J connectivity index is 1.98. The number of carbonyl (C=O) groups is 1. The Morgan fingerprint density at radius 2 is 2.07 bits per heavy atom. The molecule has 0 atom stereocenters. The maximum atomic E-state index is 12.6. The lowest BCUT2D eigenvalue weighted by atomic mass is 10.3. The summed E-state index contributed by atoms with van der Waals surface area (Å²) in [5.41, 5.74) is 0.517. The van der Waals surface area contributed by atoms with Crippen LogP contribution in [0.15, 0.2) is 40.5 Å². The molecule has 3 rings (SSSR count). The van der Waals surface area contributed by atoms with Gasteiger partial charge in [-0.3, -0.25) is 14.2 Å². The molecule has 1 amide bonds. The largest absolute Gasteiger partial charge is 0.489 e. The molecule has 0 saturated carbocycles. The highest BCUT2D eigenvalue weighted by Crippen LogP contribution is 2.18. The van der Waals surface area contributed by atoms with Crippen molar-refractivity contribution in [3.05, 3.63) is 52.8 Å². The molecule has 11 nitrogen and oxygen atoms in total. The van der Waals surface area contributed by atoms with Crippen LogP contribution in [0.2, 0.25) is 0 Å². The van der Waals surface area contributed by atoms with E-state index in [9.17, 15) is 9.59 Å². The molecule has 0 spiro atoms. The van der Waals surface area contributed by atoms with Gasteiger partial charge in [-0.1, -0.05) is 5.16 Å². The van der Waals surface area contributed by atoms with Crippen LogP contribution in [-0.2, 0) is 13.6 Å². The fourth-order valence-electron chi connectivity index (χ4n) is 2.46. The molecule has 11 heteroatoms. The summed E-state index contributed by atoms with van der Waals surface area (Å²) >= 11 is 0. The summed E-state index contributed by atoms with van der Waals surface area (Å²) in [5, 5.41) is 6.06. The minimum atomic E-state index is -0.620. The second-order valence-electron chi connectivity index (χ2n) is 5.63. The molecule has 0 aliphatic rings. The Morgan fingerprint density at radius 3 is 2.70 bits per heavy atom. The van der Waals surface area contributed by atoms with Crippen LogP contribution in [0.5, 0.6) is 5.75 Å². The van der Waals surface area contributed by atoms with Crippen LogP contribution < -0.4 is 20.5 Å². The van der Waals surface area contributed by atoms with E-state index in [0.29, 0.717) is 12.2 Å². The first-order valence-corrected chi connectivity index (χ1v) is 7.82. The van der Waals surface area contributed by atoms with Crippen molar-refractivity contribution >= 4 is 17.5 Å². The van der Waals surface area contributed by atoms with Crippen LogP contribution >= 0.6 is 0 Å². The Hall–Kier alpha value is -3.76. The van der Waals surface area contributed by atoms with E-state index >= 15 is 0 Å². The number of ether oxygens (including phenoxy) is 1. The molecular weight excluding hydrogens is 354 g/mol. The molecule has 140 valence electrons. The highest BCUT2D eigenvalue weighted by atomic mass is 16.5. The normalized spacial score (nSPS) is 10.5. The molecule has 1 N–H and O–H groups in total.